The van der Waals surface area contributed by atoms with Crippen LogP contribution < -0.4 is 16.0 Å². The SMILES string of the molecule is NOC(=O)C1COC/C=C\CC(=O)N2CCCC2COc2cccc(c2)-c2csc(c2)C(=O)N1. The molecule has 4 bridgehead atoms. The molecule has 0 saturated carbocycles. The molecule has 10 heteroatoms. The Morgan fingerprint density at radius 3 is 2.91 bits per heavy atom. The first-order valence-electron chi connectivity index (χ1n) is 11.1. The van der Waals surface area contributed by atoms with Gasteiger partial charge in [0.15, 0.2) is 6.04 Å². The molecule has 1 aromatic heterocycles. The van der Waals surface area contributed by atoms with Crippen molar-refractivity contribution in [3.8, 4) is 16.9 Å². The van der Waals surface area contributed by atoms with Crippen LogP contribution in [0.2, 0.25) is 0 Å². The molecule has 1 aromatic carbocycles. The van der Waals surface area contributed by atoms with Crippen LogP contribution in [0.15, 0.2) is 47.9 Å². The number of nitrogens with two attached hydrogens (primary N) is 1. The number of rotatable bonds is 1. The van der Waals surface area contributed by atoms with Crippen LogP contribution >= 0.6 is 11.3 Å². The minimum absolute atomic E-state index is 0.0332. The summed E-state index contributed by atoms with van der Waals surface area (Å²) in [6.07, 6.45) is 5.55. The first-order chi connectivity index (χ1) is 16.5. The van der Waals surface area contributed by atoms with E-state index in [1.54, 1.807) is 18.2 Å². The maximum Gasteiger partial charge on any atom is 0.349 e. The van der Waals surface area contributed by atoms with Crippen molar-refractivity contribution in [2.24, 2.45) is 5.90 Å². The number of hydrogen-bond donors (Lipinski definition) is 2. The predicted molar refractivity (Wildman–Crippen MR) is 126 cm³/mol. The third kappa shape index (κ3) is 5.82. The standard InChI is InChI=1S/C24H27N3O6S/c25-33-24(30)20-14-31-10-2-1-8-22(28)27-9-4-6-18(27)13-32-19-7-3-5-16(11-19)17-12-21(34-15-17)23(29)26-20/h1-3,5,7,11-12,15,18,20H,4,6,8-10,13-14,25H2,(H,26,29)/b2-1-. The molecule has 2 aliphatic rings. The average molecular weight is 486 g/mol. The van der Waals surface area contributed by atoms with Crippen molar-refractivity contribution in [3.05, 3.63) is 52.7 Å². The van der Waals surface area contributed by atoms with Crippen molar-refractivity contribution in [2.75, 3.05) is 26.4 Å². The summed E-state index contributed by atoms with van der Waals surface area (Å²) < 4.78 is 11.5. The zero-order valence-electron chi connectivity index (χ0n) is 18.6. The number of fused-ring (bicyclic) bond motifs is 6. The van der Waals surface area contributed by atoms with Crippen molar-refractivity contribution >= 4 is 29.1 Å². The summed E-state index contributed by atoms with van der Waals surface area (Å²) in [5, 5.41) is 4.47. The second kappa shape index (κ2) is 11.3. The number of nitrogens with zero attached hydrogens (tertiary/aromatic N) is 1. The van der Waals surface area contributed by atoms with Crippen LogP contribution in [-0.4, -0.2) is 61.1 Å². The van der Waals surface area contributed by atoms with E-state index in [1.165, 1.54) is 11.3 Å². The molecular weight excluding hydrogens is 458 g/mol. The van der Waals surface area contributed by atoms with E-state index in [4.69, 9.17) is 15.4 Å². The molecule has 0 aliphatic carbocycles. The highest BCUT2D eigenvalue weighted by atomic mass is 32.1. The summed E-state index contributed by atoms with van der Waals surface area (Å²) in [5.41, 5.74) is 1.75. The van der Waals surface area contributed by atoms with Crippen LogP contribution in [0.25, 0.3) is 11.1 Å². The predicted octanol–water partition coefficient (Wildman–Crippen LogP) is 2.28. The van der Waals surface area contributed by atoms with E-state index in [9.17, 15) is 14.4 Å². The Kier molecular flexibility index (Phi) is 7.94. The summed E-state index contributed by atoms with van der Waals surface area (Å²) >= 11 is 1.26. The average Bonchev–Trinajstić information content (AvgIpc) is 3.53. The molecule has 2 aliphatic heterocycles. The smallest absolute Gasteiger partial charge is 0.349 e. The van der Waals surface area contributed by atoms with Gasteiger partial charge in [0.25, 0.3) is 5.91 Å². The largest absolute Gasteiger partial charge is 0.491 e. The van der Waals surface area contributed by atoms with E-state index < -0.39 is 17.9 Å². The van der Waals surface area contributed by atoms with Crippen LogP contribution in [0, 0.1) is 0 Å². The van der Waals surface area contributed by atoms with E-state index in [0.717, 1.165) is 30.5 Å². The molecule has 1 saturated heterocycles. The molecule has 3 N–H and O–H groups in total. The Morgan fingerprint density at radius 2 is 2.06 bits per heavy atom. The number of nitrogens with one attached hydrogen (secondary N) is 1. The summed E-state index contributed by atoms with van der Waals surface area (Å²) in [7, 11) is 0. The Balaban J connectivity index is 1.57. The third-order valence-corrected chi connectivity index (χ3v) is 6.72. The fraction of sp³-hybridized carbons (Fsp3) is 0.375. The molecule has 0 spiro atoms. The van der Waals surface area contributed by atoms with Gasteiger partial charge in [-0.15, -0.1) is 11.3 Å². The van der Waals surface area contributed by atoms with Gasteiger partial charge < -0.3 is 24.5 Å². The first kappa shape index (κ1) is 23.9. The number of benzene rings is 1. The second-order valence-electron chi connectivity index (χ2n) is 8.10. The van der Waals surface area contributed by atoms with Gasteiger partial charge in [0.05, 0.1) is 24.1 Å². The van der Waals surface area contributed by atoms with E-state index in [0.29, 0.717) is 17.2 Å². The lowest BCUT2D eigenvalue weighted by Crippen LogP contribution is -2.45. The molecule has 2 amide bonds. The number of carbonyl (C=O) groups is 3. The maximum atomic E-state index is 12.7. The number of carbonyl (C=O) groups excluding carboxylic acids is 3. The van der Waals surface area contributed by atoms with Crippen LogP contribution in [0.3, 0.4) is 0 Å². The van der Waals surface area contributed by atoms with Gasteiger partial charge in [-0.05, 0) is 47.5 Å². The molecule has 9 nitrogen and oxygen atoms in total. The number of hydrogen-bond acceptors (Lipinski definition) is 8. The normalized spacial score (nSPS) is 22.8. The van der Waals surface area contributed by atoms with Gasteiger partial charge in [0.1, 0.15) is 12.4 Å². The second-order valence-corrected chi connectivity index (χ2v) is 9.01. The lowest BCUT2D eigenvalue weighted by molar-refractivity contribution is -0.148. The Morgan fingerprint density at radius 1 is 1.18 bits per heavy atom. The van der Waals surface area contributed by atoms with E-state index in [-0.39, 0.29) is 31.6 Å². The fourth-order valence-corrected chi connectivity index (χ4v) is 4.82. The van der Waals surface area contributed by atoms with Gasteiger partial charge >= 0.3 is 5.97 Å². The summed E-state index contributed by atoms with van der Waals surface area (Å²) in [6.45, 7) is 1.20. The van der Waals surface area contributed by atoms with Crippen molar-refractivity contribution in [2.45, 2.75) is 31.3 Å². The van der Waals surface area contributed by atoms with Crippen molar-refractivity contribution in [3.63, 3.8) is 0 Å². The molecule has 180 valence electrons. The maximum absolute atomic E-state index is 12.7. The number of amides is 2. The molecule has 2 aromatic rings. The van der Waals surface area contributed by atoms with Gasteiger partial charge in [-0.3, -0.25) is 9.59 Å². The van der Waals surface area contributed by atoms with E-state index in [1.807, 2.05) is 34.5 Å². The minimum Gasteiger partial charge on any atom is -0.491 e. The first-order valence-corrected chi connectivity index (χ1v) is 12.0. The fourth-order valence-electron chi connectivity index (χ4n) is 4.01. The third-order valence-electron chi connectivity index (χ3n) is 5.79. The molecular formula is C24H27N3O6S. The van der Waals surface area contributed by atoms with Crippen molar-refractivity contribution in [1.82, 2.24) is 10.2 Å². The number of thiophene rings is 1. The molecule has 1 fully saturated rings. The number of ether oxygens (including phenoxy) is 2. The minimum atomic E-state index is -1.06. The molecule has 2 unspecified atom stereocenters. The Hall–Kier alpha value is -3.21. The van der Waals surface area contributed by atoms with Crippen molar-refractivity contribution in [1.29, 1.82) is 0 Å². The van der Waals surface area contributed by atoms with Crippen LogP contribution in [0.5, 0.6) is 5.75 Å². The van der Waals surface area contributed by atoms with Gasteiger partial charge in [0, 0.05) is 13.0 Å². The molecule has 4 rings (SSSR count). The summed E-state index contributed by atoms with van der Waals surface area (Å²) in [4.78, 5) is 44.1. The van der Waals surface area contributed by atoms with Crippen LogP contribution in [-0.2, 0) is 19.2 Å². The zero-order valence-corrected chi connectivity index (χ0v) is 19.4. The lowest BCUT2D eigenvalue weighted by atomic mass is 10.1. The van der Waals surface area contributed by atoms with Crippen LogP contribution in [0.1, 0.15) is 28.9 Å². The molecule has 34 heavy (non-hydrogen) atoms. The zero-order chi connectivity index (χ0) is 23.9. The summed E-state index contributed by atoms with van der Waals surface area (Å²) in [5.74, 6) is 4.52. The molecule has 0 radical (unpaired) electrons. The summed E-state index contributed by atoms with van der Waals surface area (Å²) in [6, 6.07) is 8.33. The highest BCUT2D eigenvalue weighted by Gasteiger charge is 2.28. The van der Waals surface area contributed by atoms with Gasteiger partial charge in [-0.1, -0.05) is 24.3 Å². The molecule has 2 atom stereocenters. The van der Waals surface area contributed by atoms with E-state index >= 15 is 0 Å². The van der Waals surface area contributed by atoms with E-state index in [2.05, 4.69) is 10.2 Å². The topological polar surface area (TPSA) is 120 Å². The van der Waals surface area contributed by atoms with Crippen molar-refractivity contribution < 1.29 is 28.7 Å². The molecule has 3 heterocycles. The van der Waals surface area contributed by atoms with Crippen LogP contribution in [0.4, 0.5) is 0 Å². The van der Waals surface area contributed by atoms with Gasteiger partial charge in [-0.25, -0.2) is 4.79 Å². The van der Waals surface area contributed by atoms with Gasteiger partial charge in [0.2, 0.25) is 5.91 Å². The highest BCUT2D eigenvalue weighted by Crippen LogP contribution is 2.29. The monoisotopic (exact) mass is 485 g/mol. The highest BCUT2D eigenvalue weighted by molar-refractivity contribution is 7.12. The quantitative estimate of drug-likeness (QED) is 0.470. The van der Waals surface area contributed by atoms with Gasteiger partial charge in [-0.2, -0.15) is 5.90 Å². The lowest BCUT2D eigenvalue weighted by Gasteiger charge is -2.24. The Labute approximate surface area is 201 Å². The Bertz CT molecular complexity index is 1070.